The number of hydrogen-bond donors (Lipinski definition) is 0. The SMILES string of the molecule is CCOC(=O)c1cncc(-c2nc(-c3ccc(Cl)cc3)cs2)c1. The Morgan fingerprint density at radius 2 is 2.00 bits per heavy atom. The molecule has 0 radical (unpaired) electrons. The Bertz CT molecular complexity index is 831. The molecule has 0 bridgehead atoms. The largest absolute Gasteiger partial charge is 0.462 e. The van der Waals surface area contributed by atoms with Crippen LogP contribution in [-0.4, -0.2) is 22.5 Å². The van der Waals surface area contributed by atoms with E-state index in [1.165, 1.54) is 17.5 Å². The van der Waals surface area contributed by atoms with E-state index in [0.29, 0.717) is 17.2 Å². The van der Waals surface area contributed by atoms with E-state index < -0.39 is 0 Å². The highest BCUT2D eigenvalue weighted by Gasteiger charge is 2.11. The normalized spacial score (nSPS) is 10.5. The van der Waals surface area contributed by atoms with E-state index in [-0.39, 0.29) is 5.97 Å². The third kappa shape index (κ3) is 3.57. The Kier molecular flexibility index (Phi) is 4.69. The van der Waals surface area contributed by atoms with Gasteiger partial charge in [-0.1, -0.05) is 23.7 Å². The lowest BCUT2D eigenvalue weighted by molar-refractivity contribution is 0.0526. The van der Waals surface area contributed by atoms with Crippen molar-refractivity contribution in [1.29, 1.82) is 0 Å². The number of aromatic nitrogens is 2. The third-order valence-corrected chi connectivity index (χ3v) is 4.28. The number of carbonyl (C=O) groups is 1. The third-order valence-electron chi connectivity index (χ3n) is 3.14. The molecule has 0 aliphatic rings. The molecular formula is C17H13ClN2O2S. The summed E-state index contributed by atoms with van der Waals surface area (Å²) in [5, 5.41) is 3.46. The van der Waals surface area contributed by atoms with Crippen molar-refractivity contribution in [3.63, 3.8) is 0 Å². The summed E-state index contributed by atoms with van der Waals surface area (Å²) in [6.07, 6.45) is 3.18. The standard InChI is InChI=1S/C17H13ClN2O2S/c1-2-22-17(21)13-7-12(8-19-9-13)16-20-15(10-23-16)11-3-5-14(18)6-4-11/h3-10H,2H2,1H3. The fourth-order valence-corrected chi connectivity index (χ4v) is 2.98. The van der Waals surface area contributed by atoms with Crippen LogP contribution < -0.4 is 0 Å². The highest BCUT2D eigenvalue weighted by Crippen LogP contribution is 2.29. The minimum absolute atomic E-state index is 0.334. The van der Waals surface area contributed by atoms with Crippen molar-refractivity contribution in [2.75, 3.05) is 6.61 Å². The van der Waals surface area contributed by atoms with Crippen LogP contribution in [0.3, 0.4) is 0 Å². The quantitative estimate of drug-likeness (QED) is 0.643. The summed E-state index contributed by atoms with van der Waals surface area (Å²) in [5.74, 6) is -0.378. The summed E-state index contributed by atoms with van der Waals surface area (Å²) in [4.78, 5) is 20.5. The van der Waals surface area contributed by atoms with Gasteiger partial charge < -0.3 is 4.74 Å². The first-order chi connectivity index (χ1) is 11.2. The summed E-state index contributed by atoms with van der Waals surface area (Å²) in [6, 6.07) is 9.26. The molecule has 3 rings (SSSR count). The van der Waals surface area contributed by atoms with Gasteiger partial charge in [0.25, 0.3) is 0 Å². The average molecular weight is 345 g/mol. The lowest BCUT2D eigenvalue weighted by atomic mass is 10.2. The first-order valence-electron chi connectivity index (χ1n) is 7.01. The van der Waals surface area contributed by atoms with E-state index in [4.69, 9.17) is 16.3 Å². The molecule has 4 nitrogen and oxygen atoms in total. The Hall–Kier alpha value is -2.24. The Balaban J connectivity index is 1.90. The maximum Gasteiger partial charge on any atom is 0.339 e. The predicted octanol–water partition coefficient (Wildman–Crippen LogP) is 4.70. The van der Waals surface area contributed by atoms with Crippen LogP contribution in [0.1, 0.15) is 17.3 Å². The number of nitrogens with zero attached hydrogens (tertiary/aromatic N) is 2. The number of thiazole rings is 1. The van der Waals surface area contributed by atoms with Gasteiger partial charge in [0, 0.05) is 33.9 Å². The minimum atomic E-state index is -0.378. The fraction of sp³-hybridized carbons (Fsp3) is 0.118. The second-order valence-electron chi connectivity index (χ2n) is 4.73. The summed E-state index contributed by atoms with van der Waals surface area (Å²) in [5.41, 5.74) is 3.07. The van der Waals surface area contributed by atoms with E-state index in [1.807, 2.05) is 29.6 Å². The van der Waals surface area contributed by atoms with Crippen LogP contribution in [-0.2, 0) is 4.74 Å². The monoisotopic (exact) mass is 344 g/mol. The predicted molar refractivity (Wildman–Crippen MR) is 91.7 cm³/mol. The number of ether oxygens (including phenoxy) is 1. The first kappa shape index (κ1) is 15.6. The van der Waals surface area contributed by atoms with Crippen LogP contribution in [0.5, 0.6) is 0 Å². The molecule has 3 aromatic rings. The topological polar surface area (TPSA) is 52.1 Å². The maximum atomic E-state index is 11.8. The maximum absolute atomic E-state index is 11.8. The molecule has 2 heterocycles. The molecule has 0 saturated carbocycles. The minimum Gasteiger partial charge on any atom is -0.462 e. The van der Waals surface area contributed by atoms with Gasteiger partial charge in [0.1, 0.15) is 5.01 Å². The van der Waals surface area contributed by atoms with Gasteiger partial charge >= 0.3 is 5.97 Å². The molecule has 0 N–H and O–H groups in total. The van der Waals surface area contributed by atoms with Gasteiger partial charge in [0.15, 0.2) is 0 Å². The Morgan fingerprint density at radius 3 is 2.74 bits per heavy atom. The molecule has 0 saturated heterocycles. The summed E-state index contributed by atoms with van der Waals surface area (Å²) in [6.45, 7) is 2.11. The highest BCUT2D eigenvalue weighted by atomic mass is 35.5. The zero-order valence-corrected chi connectivity index (χ0v) is 13.9. The molecule has 116 valence electrons. The van der Waals surface area contributed by atoms with E-state index >= 15 is 0 Å². The van der Waals surface area contributed by atoms with Gasteiger partial charge in [-0.25, -0.2) is 9.78 Å². The number of benzene rings is 1. The molecule has 23 heavy (non-hydrogen) atoms. The number of esters is 1. The molecule has 0 spiro atoms. The van der Waals surface area contributed by atoms with Crippen molar-refractivity contribution >= 4 is 28.9 Å². The molecule has 2 aromatic heterocycles. The van der Waals surface area contributed by atoms with Gasteiger partial charge in [-0.05, 0) is 25.1 Å². The lowest BCUT2D eigenvalue weighted by Crippen LogP contribution is -2.05. The average Bonchev–Trinajstić information content (AvgIpc) is 3.06. The number of hydrogen-bond acceptors (Lipinski definition) is 5. The van der Waals surface area contributed by atoms with Gasteiger partial charge in [0.2, 0.25) is 0 Å². The molecule has 0 atom stereocenters. The van der Waals surface area contributed by atoms with Crippen LogP contribution in [0.25, 0.3) is 21.8 Å². The summed E-state index contributed by atoms with van der Waals surface area (Å²) >= 11 is 7.40. The highest BCUT2D eigenvalue weighted by molar-refractivity contribution is 7.13. The van der Waals surface area contributed by atoms with Gasteiger partial charge in [-0.2, -0.15) is 0 Å². The molecular weight excluding hydrogens is 332 g/mol. The van der Waals surface area contributed by atoms with Crippen molar-refractivity contribution in [3.8, 4) is 21.8 Å². The van der Waals surface area contributed by atoms with Crippen LogP contribution in [0, 0.1) is 0 Å². The van der Waals surface area contributed by atoms with E-state index in [1.54, 1.807) is 19.2 Å². The molecule has 0 unspecified atom stereocenters. The smallest absolute Gasteiger partial charge is 0.339 e. The fourth-order valence-electron chi connectivity index (χ4n) is 2.04. The number of rotatable bonds is 4. The number of halogens is 1. The summed E-state index contributed by atoms with van der Waals surface area (Å²) in [7, 11) is 0. The Labute approximate surface area is 142 Å². The van der Waals surface area contributed by atoms with Crippen LogP contribution in [0.2, 0.25) is 5.02 Å². The zero-order chi connectivity index (χ0) is 16.2. The van der Waals surface area contributed by atoms with Crippen LogP contribution in [0.15, 0.2) is 48.1 Å². The van der Waals surface area contributed by atoms with Crippen molar-refractivity contribution in [2.45, 2.75) is 6.92 Å². The van der Waals surface area contributed by atoms with Crippen molar-refractivity contribution in [2.24, 2.45) is 0 Å². The number of carbonyl (C=O) groups excluding carboxylic acids is 1. The molecule has 0 aliphatic carbocycles. The second-order valence-corrected chi connectivity index (χ2v) is 6.02. The number of pyridine rings is 1. The molecule has 6 heteroatoms. The van der Waals surface area contributed by atoms with E-state index in [0.717, 1.165) is 21.8 Å². The van der Waals surface area contributed by atoms with E-state index in [9.17, 15) is 4.79 Å². The van der Waals surface area contributed by atoms with Crippen LogP contribution >= 0.6 is 22.9 Å². The molecule has 0 fully saturated rings. The van der Waals surface area contributed by atoms with Gasteiger partial charge in [-0.3, -0.25) is 4.98 Å². The second kappa shape index (κ2) is 6.89. The van der Waals surface area contributed by atoms with Crippen molar-refractivity contribution in [1.82, 2.24) is 9.97 Å². The van der Waals surface area contributed by atoms with E-state index in [2.05, 4.69) is 9.97 Å². The molecule has 0 amide bonds. The van der Waals surface area contributed by atoms with Crippen LogP contribution in [0.4, 0.5) is 0 Å². The molecule has 0 aliphatic heterocycles. The van der Waals surface area contributed by atoms with Crippen molar-refractivity contribution in [3.05, 3.63) is 58.7 Å². The zero-order valence-electron chi connectivity index (χ0n) is 12.3. The van der Waals surface area contributed by atoms with Gasteiger partial charge in [-0.15, -0.1) is 11.3 Å². The lowest BCUT2D eigenvalue weighted by Gasteiger charge is -2.02. The Morgan fingerprint density at radius 1 is 1.22 bits per heavy atom. The first-order valence-corrected chi connectivity index (χ1v) is 8.27. The van der Waals surface area contributed by atoms with Crippen molar-refractivity contribution < 1.29 is 9.53 Å². The van der Waals surface area contributed by atoms with Gasteiger partial charge in [0.05, 0.1) is 17.9 Å². The summed E-state index contributed by atoms with van der Waals surface area (Å²) < 4.78 is 5.00. The molecule has 1 aromatic carbocycles.